The van der Waals surface area contributed by atoms with Gasteiger partial charge in [-0.25, -0.2) is 18.6 Å². The number of ether oxygens (including phenoxy) is 2. The zero-order valence-electron chi connectivity index (χ0n) is 21.0. The summed E-state index contributed by atoms with van der Waals surface area (Å²) in [5, 5.41) is 14.4. The van der Waals surface area contributed by atoms with Gasteiger partial charge in [0.05, 0.1) is 25.1 Å². The van der Waals surface area contributed by atoms with E-state index in [1.54, 1.807) is 26.2 Å². The third kappa shape index (κ3) is 4.13. The van der Waals surface area contributed by atoms with Crippen LogP contribution in [-0.4, -0.2) is 39.5 Å². The number of hydrogen-bond acceptors (Lipinski definition) is 6. The smallest absolute Gasteiger partial charge is 0.339 e. The van der Waals surface area contributed by atoms with Gasteiger partial charge in [-0.05, 0) is 45.0 Å². The lowest BCUT2D eigenvalue weighted by molar-refractivity contribution is 0.0693. The number of halogens is 2. The predicted molar refractivity (Wildman–Crippen MR) is 136 cm³/mol. The molecular formula is C28H23F2N3O5. The van der Waals surface area contributed by atoms with Crippen LogP contribution in [0.4, 0.5) is 8.78 Å². The van der Waals surface area contributed by atoms with Crippen LogP contribution in [0, 0.1) is 25.5 Å². The average Bonchev–Trinajstić information content (AvgIpc) is 3.42. The molecule has 0 fully saturated rings. The van der Waals surface area contributed by atoms with Crippen molar-refractivity contribution in [3.05, 3.63) is 77.4 Å². The fourth-order valence-corrected chi connectivity index (χ4v) is 4.60. The monoisotopic (exact) mass is 519 g/mol. The summed E-state index contributed by atoms with van der Waals surface area (Å²) in [5.41, 5.74) is 3.47. The van der Waals surface area contributed by atoms with Gasteiger partial charge in [0.15, 0.2) is 0 Å². The number of benzene rings is 2. The van der Waals surface area contributed by atoms with E-state index in [-0.39, 0.29) is 17.0 Å². The van der Waals surface area contributed by atoms with Crippen LogP contribution in [0.25, 0.3) is 39.0 Å². The number of aromatic nitrogens is 3. The minimum Gasteiger partial charge on any atom is -0.496 e. The zero-order chi connectivity index (χ0) is 27.1. The van der Waals surface area contributed by atoms with Gasteiger partial charge in [0.25, 0.3) is 0 Å². The first-order valence-corrected chi connectivity index (χ1v) is 11.7. The van der Waals surface area contributed by atoms with Crippen LogP contribution in [0.1, 0.15) is 28.7 Å². The molecule has 5 aromatic rings. The molecule has 0 bridgehead atoms. The number of fused-ring (bicyclic) bond motifs is 1. The summed E-state index contributed by atoms with van der Waals surface area (Å²) in [7, 11) is 1.38. The second kappa shape index (κ2) is 9.62. The number of carbonyl (C=O) groups is 1. The van der Waals surface area contributed by atoms with Crippen molar-refractivity contribution in [3.8, 4) is 39.4 Å². The molecule has 0 aliphatic rings. The lowest BCUT2D eigenvalue weighted by Crippen LogP contribution is -2.03. The molecule has 0 saturated heterocycles. The van der Waals surface area contributed by atoms with E-state index in [2.05, 4.69) is 10.1 Å². The van der Waals surface area contributed by atoms with Gasteiger partial charge < -0.3 is 19.1 Å². The van der Waals surface area contributed by atoms with E-state index in [0.717, 1.165) is 17.7 Å². The van der Waals surface area contributed by atoms with Crippen LogP contribution in [0.15, 0.2) is 53.3 Å². The molecule has 0 aliphatic heterocycles. The molecule has 0 unspecified atom stereocenters. The molecule has 3 heterocycles. The first-order chi connectivity index (χ1) is 18.2. The summed E-state index contributed by atoms with van der Waals surface area (Å²) in [5.74, 6) is -1.58. The summed E-state index contributed by atoms with van der Waals surface area (Å²) in [6.45, 7) is 5.70. The summed E-state index contributed by atoms with van der Waals surface area (Å²) >= 11 is 0. The SMILES string of the molecule is CCOc1cc(OC)c(C(=O)O)cc1-c1cn(-c2ccc(F)cc2F)c2ncc(-c3c(C)noc3C)cc12. The Morgan fingerprint density at radius 2 is 1.89 bits per heavy atom. The number of carboxylic acids is 1. The van der Waals surface area contributed by atoms with Crippen LogP contribution in [0.3, 0.4) is 0 Å². The molecule has 5 rings (SSSR count). The van der Waals surface area contributed by atoms with E-state index in [1.807, 2.05) is 13.0 Å². The number of methoxy groups -OCH3 is 1. The van der Waals surface area contributed by atoms with Gasteiger partial charge in [0, 0.05) is 52.2 Å². The second-order valence-electron chi connectivity index (χ2n) is 8.59. The van der Waals surface area contributed by atoms with Crippen molar-refractivity contribution in [1.82, 2.24) is 14.7 Å². The number of carboxylic acid groups (broad SMARTS) is 1. The molecule has 0 amide bonds. The molecule has 0 atom stereocenters. The molecule has 8 nitrogen and oxygen atoms in total. The lowest BCUT2D eigenvalue weighted by atomic mass is 9.99. The highest BCUT2D eigenvalue weighted by molar-refractivity contribution is 6.01. The van der Waals surface area contributed by atoms with Gasteiger partial charge in [-0.2, -0.15) is 0 Å². The molecule has 0 radical (unpaired) electrons. The topological polar surface area (TPSA) is 99.6 Å². The Hall–Kier alpha value is -4.73. The summed E-state index contributed by atoms with van der Waals surface area (Å²) < 4.78 is 46.6. The molecule has 0 saturated carbocycles. The number of rotatable bonds is 7. The second-order valence-corrected chi connectivity index (χ2v) is 8.59. The average molecular weight is 520 g/mol. The van der Waals surface area contributed by atoms with Crippen LogP contribution in [0.5, 0.6) is 11.5 Å². The van der Waals surface area contributed by atoms with Crippen LogP contribution in [-0.2, 0) is 0 Å². The van der Waals surface area contributed by atoms with Crippen molar-refractivity contribution < 1.29 is 32.7 Å². The van der Waals surface area contributed by atoms with Crippen LogP contribution < -0.4 is 9.47 Å². The normalized spacial score (nSPS) is 11.2. The molecule has 2 aromatic carbocycles. The molecule has 0 spiro atoms. The third-order valence-electron chi connectivity index (χ3n) is 6.26. The largest absolute Gasteiger partial charge is 0.496 e. The summed E-state index contributed by atoms with van der Waals surface area (Å²) in [6, 6.07) is 8.08. The van der Waals surface area contributed by atoms with E-state index >= 15 is 0 Å². The molecular weight excluding hydrogens is 496 g/mol. The molecule has 10 heteroatoms. The summed E-state index contributed by atoms with van der Waals surface area (Å²) in [4.78, 5) is 16.7. The van der Waals surface area contributed by atoms with Gasteiger partial charge in [0.2, 0.25) is 0 Å². The highest BCUT2D eigenvalue weighted by atomic mass is 19.1. The van der Waals surface area contributed by atoms with Crippen molar-refractivity contribution in [3.63, 3.8) is 0 Å². The van der Waals surface area contributed by atoms with Crippen molar-refractivity contribution in [2.45, 2.75) is 20.8 Å². The van der Waals surface area contributed by atoms with Crippen molar-refractivity contribution in [1.29, 1.82) is 0 Å². The third-order valence-corrected chi connectivity index (χ3v) is 6.26. The van der Waals surface area contributed by atoms with Crippen molar-refractivity contribution >= 4 is 17.0 Å². The van der Waals surface area contributed by atoms with Gasteiger partial charge in [-0.15, -0.1) is 0 Å². The Labute approximate surface area is 216 Å². The Morgan fingerprint density at radius 1 is 1.11 bits per heavy atom. The maximum atomic E-state index is 14.9. The Morgan fingerprint density at radius 3 is 2.53 bits per heavy atom. The quantitative estimate of drug-likeness (QED) is 0.268. The number of aryl methyl sites for hydroxylation is 2. The van der Waals surface area contributed by atoms with E-state index in [0.29, 0.717) is 51.5 Å². The first-order valence-electron chi connectivity index (χ1n) is 11.7. The van der Waals surface area contributed by atoms with Gasteiger partial charge in [0.1, 0.15) is 40.1 Å². The number of pyridine rings is 1. The molecule has 38 heavy (non-hydrogen) atoms. The highest BCUT2D eigenvalue weighted by Gasteiger charge is 2.23. The lowest BCUT2D eigenvalue weighted by Gasteiger charge is -2.14. The standard InChI is InChI=1S/C28H23F2N3O5/c1-5-37-25-11-24(36-4)20(28(34)35)10-18(25)21-13-33(23-7-6-17(29)9-22(23)30)27-19(21)8-16(12-31-27)26-14(2)32-38-15(26)3/h6-13H,5H2,1-4H3,(H,34,35). The maximum absolute atomic E-state index is 14.9. The van der Waals surface area contributed by atoms with E-state index in [4.69, 9.17) is 14.0 Å². The van der Waals surface area contributed by atoms with Gasteiger partial charge >= 0.3 is 5.97 Å². The molecule has 3 aromatic heterocycles. The molecule has 1 N–H and O–H groups in total. The van der Waals surface area contributed by atoms with Gasteiger partial charge in [-0.3, -0.25) is 4.57 Å². The fraction of sp³-hybridized carbons (Fsp3) is 0.179. The van der Waals surface area contributed by atoms with Crippen molar-refractivity contribution in [2.24, 2.45) is 0 Å². The van der Waals surface area contributed by atoms with Crippen LogP contribution >= 0.6 is 0 Å². The van der Waals surface area contributed by atoms with E-state index in [1.165, 1.54) is 29.9 Å². The Balaban J connectivity index is 1.87. The number of nitrogens with zero attached hydrogens (tertiary/aromatic N) is 3. The maximum Gasteiger partial charge on any atom is 0.339 e. The van der Waals surface area contributed by atoms with Gasteiger partial charge in [-0.1, -0.05) is 5.16 Å². The number of hydrogen-bond donors (Lipinski definition) is 1. The van der Waals surface area contributed by atoms with Crippen molar-refractivity contribution in [2.75, 3.05) is 13.7 Å². The van der Waals surface area contributed by atoms with E-state index in [9.17, 15) is 18.7 Å². The summed E-state index contributed by atoms with van der Waals surface area (Å²) in [6.07, 6.45) is 3.25. The minimum atomic E-state index is -1.19. The molecule has 0 aliphatic carbocycles. The first kappa shape index (κ1) is 24.9. The Kier molecular flexibility index (Phi) is 6.31. The fourth-order valence-electron chi connectivity index (χ4n) is 4.60. The highest BCUT2D eigenvalue weighted by Crippen LogP contribution is 2.42. The van der Waals surface area contributed by atoms with E-state index < -0.39 is 17.6 Å². The van der Waals surface area contributed by atoms with Crippen LogP contribution in [0.2, 0.25) is 0 Å². The molecule has 194 valence electrons. The predicted octanol–water partition coefficient (Wildman–Crippen LogP) is 6.35. The number of aromatic carboxylic acids is 1. The minimum absolute atomic E-state index is 0.0742. The Bertz CT molecular complexity index is 1690. The zero-order valence-corrected chi connectivity index (χ0v) is 21.0.